The molecule has 0 radical (unpaired) electrons. The van der Waals surface area contributed by atoms with Crippen LogP contribution in [-0.2, 0) is 27.4 Å². The van der Waals surface area contributed by atoms with E-state index in [1.54, 1.807) is 4.90 Å². The second-order valence-corrected chi connectivity index (χ2v) is 10.3. The molecule has 0 spiro atoms. The zero-order valence-electron chi connectivity index (χ0n) is 22.1. The SMILES string of the molecule is Cc1nc(C)c2c(n1)N(Cc1ccc(-c3ccccc3C3=NN(C(=O)CCCO[N+](=O)[O-])PN3)cc1)C(=O)CC2. The van der Waals surface area contributed by atoms with Gasteiger partial charge < -0.3 is 9.92 Å². The topological polar surface area (TPSA) is 143 Å². The van der Waals surface area contributed by atoms with Gasteiger partial charge in [0.05, 0.1) is 13.2 Å². The molecular weight excluding hydrogens is 533 g/mol. The van der Waals surface area contributed by atoms with Gasteiger partial charge in [0.25, 0.3) is 5.09 Å². The van der Waals surface area contributed by atoms with Crippen LogP contribution in [0.1, 0.15) is 47.5 Å². The monoisotopic (exact) mass is 561 g/mol. The lowest BCUT2D eigenvalue weighted by Crippen LogP contribution is -2.36. The molecule has 0 fully saturated rings. The normalized spacial score (nSPS) is 15.1. The van der Waals surface area contributed by atoms with Crippen molar-refractivity contribution in [3.8, 4) is 11.1 Å². The Kier molecular flexibility index (Phi) is 7.97. The van der Waals surface area contributed by atoms with E-state index in [4.69, 9.17) is 0 Å². The van der Waals surface area contributed by atoms with Crippen LogP contribution in [0.3, 0.4) is 0 Å². The summed E-state index contributed by atoms with van der Waals surface area (Å²) in [4.78, 5) is 50.6. The molecule has 2 aliphatic heterocycles. The summed E-state index contributed by atoms with van der Waals surface area (Å²) >= 11 is 0. The Bertz CT molecular complexity index is 1500. The number of fused-ring (bicyclic) bond motifs is 1. The minimum atomic E-state index is -0.869. The number of amidine groups is 1. The third kappa shape index (κ3) is 5.91. The number of amides is 2. The molecular formula is C27H28N7O5P. The molecule has 2 aromatic carbocycles. The fraction of sp³-hybridized carbons (Fsp3) is 0.296. The predicted molar refractivity (Wildman–Crippen MR) is 150 cm³/mol. The first-order valence-electron chi connectivity index (χ1n) is 12.8. The van der Waals surface area contributed by atoms with Crippen LogP contribution in [0.5, 0.6) is 0 Å². The molecule has 1 unspecified atom stereocenters. The molecule has 3 heterocycles. The van der Waals surface area contributed by atoms with Crippen LogP contribution in [0, 0.1) is 24.0 Å². The fourth-order valence-corrected chi connectivity index (χ4v) is 5.54. The summed E-state index contributed by atoms with van der Waals surface area (Å²) in [5, 5.41) is 17.1. The van der Waals surface area contributed by atoms with Crippen LogP contribution in [-0.4, -0.2) is 44.1 Å². The smallest absolute Gasteiger partial charge is 0.294 e. The van der Waals surface area contributed by atoms with E-state index in [0.717, 1.165) is 33.5 Å². The second kappa shape index (κ2) is 11.7. The van der Waals surface area contributed by atoms with E-state index >= 15 is 0 Å². The Labute approximate surface area is 232 Å². The first-order chi connectivity index (χ1) is 19.3. The number of hydrogen-bond acceptors (Lipinski definition) is 9. The van der Waals surface area contributed by atoms with Gasteiger partial charge in [0, 0.05) is 29.7 Å². The van der Waals surface area contributed by atoms with Crippen molar-refractivity contribution in [2.75, 3.05) is 11.5 Å². The number of anilines is 1. The van der Waals surface area contributed by atoms with E-state index in [1.807, 2.05) is 62.4 Å². The molecule has 2 amide bonds. The lowest BCUT2D eigenvalue weighted by molar-refractivity contribution is -0.757. The maximum atomic E-state index is 12.8. The number of hydrazone groups is 1. The van der Waals surface area contributed by atoms with Crippen LogP contribution in [0.25, 0.3) is 11.1 Å². The number of nitrogens with zero attached hydrogens (tertiary/aromatic N) is 6. The molecule has 3 aromatic rings. The molecule has 2 aliphatic rings. The number of nitrogens with one attached hydrogen (secondary N) is 1. The van der Waals surface area contributed by atoms with Crippen LogP contribution in [0.2, 0.25) is 0 Å². The maximum absolute atomic E-state index is 12.8. The fourth-order valence-electron chi connectivity index (χ4n) is 4.76. The van der Waals surface area contributed by atoms with Gasteiger partial charge in [0.1, 0.15) is 20.5 Å². The van der Waals surface area contributed by atoms with Crippen LogP contribution >= 0.6 is 8.88 Å². The Morgan fingerprint density at radius 2 is 1.85 bits per heavy atom. The van der Waals surface area contributed by atoms with Gasteiger partial charge in [-0.2, -0.15) is 4.78 Å². The van der Waals surface area contributed by atoms with Gasteiger partial charge >= 0.3 is 0 Å². The zero-order valence-corrected chi connectivity index (χ0v) is 23.1. The highest BCUT2D eigenvalue weighted by molar-refractivity contribution is 7.35. The molecule has 12 nitrogen and oxygen atoms in total. The lowest BCUT2D eigenvalue weighted by Gasteiger charge is -2.29. The van der Waals surface area contributed by atoms with E-state index in [0.29, 0.717) is 36.9 Å². The highest BCUT2D eigenvalue weighted by Gasteiger charge is 2.28. The molecule has 0 saturated carbocycles. The van der Waals surface area contributed by atoms with Crippen molar-refractivity contribution in [2.45, 2.75) is 46.1 Å². The lowest BCUT2D eigenvalue weighted by atomic mass is 9.97. The van der Waals surface area contributed by atoms with Crippen LogP contribution in [0.15, 0.2) is 53.6 Å². The van der Waals surface area contributed by atoms with E-state index in [1.165, 1.54) is 4.78 Å². The van der Waals surface area contributed by atoms with Gasteiger partial charge in [0.15, 0.2) is 5.84 Å². The average Bonchev–Trinajstić information content (AvgIpc) is 3.43. The molecule has 5 rings (SSSR count). The summed E-state index contributed by atoms with van der Waals surface area (Å²) in [5.74, 6) is 1.74. The molecule has 40 heavy (non-hydrogen) atoms. The van der Waals surface area contributed by atoms with E-state index in [-0.39, 0.29) is 40.1 Å². The predicted octanol–water partition coefficient (Wildman–Crippen LogP) is 3.83. The number of hydrogen-bond donors (Lipinski definition) is 1. The molecule has 0 bridgehead atoms. The first kappa shape index (κ1) is 27.1. The second-order valence-electron chi connectivity index (χ2n) is 9.43. The standard InChI is InChI=1S/C27H28N7O5P/c1-17-21-13-14-24(35)32(27(21)29-18(2)28-17)16-19-9-11-20(12-10-19)22-6-3-4-7-23(22)26-30-33(40-31-26)25(36)8-5-15-39-34(37)38/h3-4,6-7,9-12,40H,5,8,13-16H2,1-2H3,(H,30,31). The Balaban J connectivity index is 1.31. The van der Waals surface area contributed by atoms with Gasteiger partial charge in [-0.1, -0.05) is 48.5 Å². The molecule has 13 heteroatoms. The van der Waals surface area contributed by atoms with Crippen molar-refractivity contribution in [2.24, 2.45) is 5.10 Å². The van der Waals surface area contributed by atoms with E-state index in [2.05, 4.69) is 25.0 Å². The Hall–Kier alpha value is -4.44. The summed E-state index contributed by atoms with van der Waals surface area (Å²) in [7, 11) is -0.0643. The number of aromatic nitrogens is 2. The molecule has 1 atom stereocenters. The Morgan fingerprint density at radius 1 is 1.10 bits per heavy atom. The quantitative estimate of drug-likeness (QED) is 0.180. The largest absolute Gasteiger partial charge is 0.331 e. The summed E-state index contributed by atoms with van der Waals surface area (Å²) in [6.45, 7) is 4.08. The highest BCUT2D eigenvalue weighted by atomic mass is 31.1. The van der Waals surface area contributed by atoms with Crippen LogP contribution < -0.4 is 9.99 Å². The third-order valence-electron chi connectivity index (χ3n) is 6.69. The minimum Gasteiger partial charge on any atom is -0.331 e. The number of rotatable bonds is 9. The molecule has 1 N–H and O–H groups in total. The van der Waals surface area contributed by atoms with Crippen molar-refractivity contribution < 1.29 is 19.5 Å². The highest BCUT2D eigenvalue weighted by Crippen LogP contribution is 2.32. The number of carbonyl (C=O) groups is 2. The van der Waals surface area contributed by atoms with Gasteiger partial charge in [-0.3, -0.25) is 14.5 Å². The first-order valence-corrected chi connectivity index (χ1v) is 13.8. The minimum absolute atomic E-state index is 0.0509. The number of aryl methyl sites for hydroxylation is 2. The summed E-state index contributed by atoms with van der Waals surface area (Å²) in [5.41, 5.74) is 5.67. The number of carbonyl (C=O) groups excluding carboxylic acids is 2. The van der Waals surface area contributed by atoms with Gasteiger partial charge in [-0.25, -0.2) is 9.97 Å². The molecule has 0 saturated heterocycles. The summed E-state index contributed by atoms with van der Waals surface area (Å²) < 4.78 is 1.35. The molecule has 0 aliphatic carbocycles. The van der Waals surface area contributed by atoms with Crippen molar-refractivity contribution >= 4 is 32.3 Å². The van der Waals surface area contributed by atoms with Gasteiger partial charge in [0.2, 0.25) is 11.8 Å². The third-order valence-corrected chi connectivity index (χ3v) is 7.60. The summed E-state index contributed by atoms with van der Waals surface area (Å²) in [6, 6.07) is 15.8. The summed E-state index contributed by atoms with van der Waals surface area (Å²) in [6.07, 6.45) is 1.42. The van der Waals surface area contributed by atoms with Crippen molar-refractivity contribution in [1.29, 1.82) is 0 Å². The van der Waals surface area contributed by atoms with Crippen LogP contribution in [0.4, 0.5) is 5.82 Å². The van der Waals surface area contributed by atoms with Crippen molar-refractivity contribution in [3.63, 3.8) is 0 Å². The van der Waals surface area contributed by atoms with Crippen molar-refractivity contribution in [1.82, 2.24) is 19.8 Å². The van der Waals surface area contributed by atoms with Gasteiger partial charge in [-0.05, 0) is 43.4 Å². The maximum Gasteiger partial charge on any atom is 0.294 e. The zero-order chi connectivity index (χ0) is 28.2. The molecule has 206 valence electrons. The number of benzene rings is 2. The van der Waals surface area contributed by atoms with Crippen molar-refractivity contribution in [3.05, 3.63) is 86.9 Å². The average molecular weight is 562 g/mol. The van der Waals surface area contributed by atoms with Gasteiger partial charge in [-0.15, -0.1) is 15.2 Å². The molecule has 1 aromatic heterocycles. The Morgan fingerprint density at radius 3 is 2.60 bits per heavy atom. The van der Waals surface area contributed by atoms with E-state index in [9.17, 15) is 19.7 Å². The van der Waals surface area contributed by atoms with E-state index < -0.39 is 5.09 Å².